The van der Waals surface area contributed by atoms with Crippen molar-refractivity contribution in [3.8, 4) is 0 Å². The van der Waals surface area contributed by atoms with Crippen LogP contribution in [0.2, 0.25) is 0 Å². The van der Waals surface area contributed by atoms with Crippen molar-refractivity contribution >= 4 is 22.9 Å². The lowest BCUT2D eigenvalue weighted by Gasteiger charge is -2.19. The molecule has 1 aromatic rings. The monoisotopic (exact) mass is 275 g/mol. The van der Waals surface area contributed by atoms with E-state index in [2.05, 4.69) is 16.4 Å². The molecule has 0 aromatic carbocycles. The van der Waals surface area contributed by atoms with E-state index < -0.39 is 0 Å². The van der Waals surface area contributed by atoms with Crippen molar-refractivity contribution in [3.05, 3.63) is 23.0 Å². The lowest BCUT2D eigenvalue weighted by molar-refractivity contribution is 0.467. The molecule has 4 heteroatoms. The minimum atomic E-state index is 0.434. The molecule has 2 aliphatic carbocycles. The molecule has 0 radical (unpaired) electrons. The molecule has 19 heavy (non-hydrogen) atoms. The summed E-state index contributed by atoms with van der Waals surface area (Å²) in [6.07, 6.45) is 5.57. The van der Waals surface area contributed by atoms with Crippen molar-refractivity contribution in [3.63, 3.8) is 0 Å². The summed E-state index contributed by atoms with van der Waals surface area (Å²) < 4.78 is 0. The van der Waals surface area contributed by atoms with Gasteiger partial charge in [0.1, 0.15) is 4.99 Å². The van der Waals surface area contributed by atoms with Crippen LogP contribution in [-0.2, 0) is 0 Å². The van der Waals surface area contributed by atoms with Crippen molar-refractivity contribution in [1.82, 2.24) is 4.98 Å². The first-order valence-electron chi connectivity index (χ1n) is 7.04. The molecule has 102 valence electrons. The van der Waals surface area contributed by atoms with Crippen LogP contribution in [0.5, 0.6) is 0 Å². The van der Waals surface area contributed by atoms with Crippen LogP contribution in [0.3, 0.4) is 0 Å². The number of nitrogens with two attached hydrogens (primary N) is 1. The Hall–Kier alpha value is -1.16. The number of hydrogen-bond donors (Lipinski definition) is 2. The Bertz CT molecular complexity index is 530. The van der Waals surface area contributed by atoms with Crippen LogP contribution in [0.4, 0.5) is 5.69 Å². The number of thiocarbonyl (C=S) groups is 1. The maximum Gasteiger partial charge on any atom is 0.107 e. The second-order valence-electron chi connectivity index (χ2n) is 6.13. The third-order valence-electron chi connectivity index (χ3n) is 4.54. The number of hydrogen-bond acceptors (Lipinski definition) is 3. The molecule has 0 atom stereocenters. The molecule has 0 amide bonds. The molecule has 2 fully saturated rings. The van der Waals surface area contributed by atoms with Gasteiger partial charge in [0.05, 0.1) is 5.56 Å². The number of nitrogens with one attached hydrogen (secondary N) is 1. The largest absolute Gasteiger partial charge is 0.389 e. The first-order chi connectivity index (χ1) is 9.02. The van der Waals surface area contributed by atoms with Crippen LogP contribution < -0.4 is 11.1 Å². The minimum Gasteiger partial charge on any atom is -0.389 e. The standard InChI is InChI=1S/C15H21N3S/c1-9-7-12(13(14(16)19)10(2)18-9)17-8-15(5-6-15)11-3-4-11/h7,11H,3-6,8H2,1-2H3,(H2,16,19)(H,17,18). The third kappa shape index (κ3) is 2.46. The summed E-state index contributed by atoms with van der Waals surface area (Å²) in [5.74, 6) is 0.956. The molecule has 3 N–H and O–H groups in total. The van der Waals surface area contributed by atoms with Gasteiger partial charge in [-0.05, 0) is 56.9 Å². The van der Waals surface area contributed by atoms with Crippen molar-refractivity contribution in [2.45, 2.75) is 39.5 Å². The summed E-state index contributed by atoms with van der Waals surface area (Å²) in [4.78, 5) is 4.89. The molecule has 0 bridgehead atoms. The SMILES string of the molecule is Cc1cc(NCC2(C3CC3)CC2)c(C(N)=S)c(C)n1. The molecule has 2 aliphatic rings. The molecule has 2 saturated carbocycles. The Balaban J connectivity index is 1.81. The van der Waals surface area contributed by atoms with Crippen molar-refractivity contribution in [2.75, 3.05) is 11.9 Å². The average Bonchev–Trinajstić information content (AvgIpc) is 3.17. The molecular weight excluding hydrogens is 254 g/mol. The van der Waals surface area contributed by atoms with E-state index >= 15 is 0 Å². The lowest BCUT2D eigenvalue weighted by Crippen LogP contribution is -2.21. The maximum atomic E-state index is 5.84. The first kappa shape index (κ1) is 12.9. The highest BCUT2D eigenvalue weighted by Crippen LogP contribution is 2.61. The minimum absolute atomic E-state index is 0.434. The highest BCUT2D eigenvalue weighted by molar-refractivity contribution is 7.80. The van der Waals surface area contributed by atoms with Crippen LogP contribution in [0.1, 0.15) is 42.6 Å². The molecule has 0 spiro atoms. The second kappa shape index (κ2) is 4.44. The van der Waals surface area contributed by atoms with E-state index in [4.69, 9.17) is 18.0 Å². The van der Waals surface area contributed by atoms with Gasteiger partial charge in [-0.15, -0.1) is 0 Å². The fraction of sp³-hybridized carbons (Fsp3) is 0.600. The van der Waals surface area contributed by atoms with Gasteiger partial charge in [-0.3, -0.25) is 4.98 Å². The van der Waals surface area contributed by atoms with Crippen LogP contribution >= 0.6 is 12.2 Å². The number of nitrogens with zero attached hydrogens (tertiary/aromatic N) is 1. The van der Waals surface area contributed by atoms with Crippen molar-refractivity contribution in [2.24, 2.45) is 17.1 Å². The second-order valence-corrected chi connectivity index (χ2v) is 6.57. The normalized spacial score (nSPS) is 20.1. The number of aromatic nitrogens is 1. The Morgan fingerprint density at radius 2 is 2.16 bits per heavy atom. The predicted octanol–water partition coefficient (Wildman–Crippen LogP) is 2.93. The van der Waals surface area contributed by atoms with Gasteiger partial charge in [0.15, 0.2) is 0 Å². The zero-order valence-electron chi connectivity index (χ0n) is 11.6. The number of rotatable bonds is 5. The molecule has 1 heterocycles. The van der Waals surface area contributed by atoms with Crippen LogP contribution in [0.15, 0.2) is 6.07 Å². The summed E-state index contributed by atoms with van der Waals surface area (Å²) in [6.45, 7) is 5.03. The Labute approximate surface area is 120 Å². The van der Waals surface area contributed by atoms with Gasteiger partial charge in [-0.2, -0.15) is 0 Å². The van der Waals surface area contributed by atoms with Gasteiger partial charge in [0, 0.05) is 23.6 Å². The molecule has 1 aromatic heterocycles. The Morgan fingerprint density at radius 1 is 1.47 bits per heavy atom. The molecule has 0 saturated heterocycles. The maximum absolute atomic E-state index is 5.84. The van der Waals surface area contributed by atoms with E-state index in [1.54, 1.807) is 0 Å². The molecule has 0 aliphatic heterocycles. The quantitative estimate of drug-likeness (QED) is 0.811. The summed E-state index contributed by atoms with van der Waals surface area (Å²) in [6, 6.07) is 2.06. The van der Waals surface area contributed by atoms with Gasteiger partial charge in [-0.1, -0.05) is 12.2 Å². The van der Waals surface area contributed by atoms with Gasteiger partial charge >= 0.3 is 0 Å². The topological polar surface area (TPSA) is 50.9 Å². The Morgan fingerprint density at radius 3 is 2.68 bits per heavy atom. The highest BCUT2D eigenvalue weighted by Gasteiger charge is 2.53. The van der Waals surface area contributed by atoms with E-state index in [-0.39, 0.29) is 0 Å². The fourth-order valence-electron chi connectivity index (χ4n) is 3.14. The van der Waals surface area contributed by atoms with E-state index in [1.807, 2.05) is 13.8 Å². The number of aryl methyl sites for hydroxylation is 2. The van der Waals surface area contributed by atoms with Crippen molar-refractivity contribution in [1.29, 1.82) is 0 Å². The van der Waals surface area contributed by atoms with E-state index in [1.165, 1.54) is 25.7 Å². The first-order valence-corrected chi connectivity index (χ1v) is 7.44. The van der Waals surface area contributed by atoms with E-state index in [0.717, 1.165) is 35.1 Å². The molecule has 0 unspecified atom stereocenters. The van der Waals surface area contributed by atoms with Gasteiger partial charge in [0.25, 0.3) is 0 Å². The van der Waals surface area contributed by atoms with E-state index in [0.29, 0.717) is 10.4 Å². The van der Waals surface area contributed by atoms with Crippen LogP contribution in [0, 0.1) is 25.2 Å². The van der Waals surface area contributed by atoms with Crippen molar-refractivity contribution < 1.29 is 0 Å². The fourth-order valence-corrected chi connectivity index (χ4v) is 3.39. The summed E-state index contributed by atoms with van der Waals surface area (Å²) in [7, 11) is 0. The van der Waals surface area contributed by atoms with E-state index in [9.17, 15) is 0 Å². The summed E-state index contributed by atoms with van der Waals surface area (Å²) >= 11 is 5.17. The molecular formula is C15H21N3S. The van der Waals surface area contributed by atoms with Gasteiger partial charge in [0.2, 0.25) is 0 Å². The third-order valence-corrected chi connectivity index (χ3v) is 4.75. The zero-order chi connectivity index (χ0) is 13.6. The van der Waals surface area contributed by atoms with Gasteiger partial charge in [-0.25, -0.2) is 0 Å². The number of pyridine rings is 1. The average molecular weight is 275 g/mol. The highest BCUT2D eigenvalue weighted by atomic mass is 32.1. The molecule has 3 rings (SSSR count). The van der Waals surface area contributed by atoms with Crippen LogP contribution in [0.25, 0.3) is 0 Å². The smallest absolute Gasteiger partial charge is 0.107 e. The van der Waals surface area contributed by atoms with Crippen LogP contribution in [-0.4, -0.2) is 16.5 Å². The lowest BCUT2D eigenvalue weighted by atomic mass is 10.00. The zero-order valence-corrected chi connectivity index (χ0v) is 12.4. The van der Waals surface area contributed by atoms with Gasteiger partial charge < -0.3 is 11.1 Å². The number of anilines is 1. The summed E-state index contributed by atoms with van der Waals surface area (Å²) in [5, 5.41) is 3.59. The Kier molecular flexibility index (Phi) is 3.01. The molecule has 3 nitrogen and oxygen atoms in total. The summed E-state index contributed by atoms with van der Waals surface area (Å²) in [5.41, 5.74) is 10.3. The predicted molar refractivity (Wildman–Crippen MR) is 82.5 cm³/mol.